The zero-order valence-electron chi connectivity index (χ0n) is 11.1. The number of nitrogen functional groups attached to an aromatic ring is 1. The van der Waals surface area contributed by atoms with Crippen molar-refractivity contribution in [1.82, 2.24) is 5.32 Å². The fourth-order valence-electron chi connectivity index (χ4n) is 1.79. The maximum atomic E-state index is 13.5. The number of amides is 1. The highest BCUT2D eigenvalue weighted by atomic mass is 19.1. The molecular formula is C15H16FN3O. The van der Waals surface area contributed by atoms with Gasteiger partial charge in [-0.2, -0.15) is 0 Å². The van der Waals surface area contributed by atoms with E-state index in [-0.39, 0.29) is 11.7 Å². The van der Waals surface area contributed by atoms with Crippen molar-refractivity contribution in [3.8, 4) is 0 Å². The van der Waals surface area contributed by atoms with Crippen molar-refractivity contribution in [2.75, 3.05) is 17.6 Å². The summed E-state index contributed by atoms with van der Waals surface area (Å²) < 4.78 is 13.5. The molecule has 5 heteroatoms. The van der Waals surface area contributed by atoms with Crippen LogP contribution >= 0.6 is 0 Å². The second-order valence-electron chi connectivity index (χ2n) is 4.27. The van der Waals surface area contributed by atoms with Gasteiger partial charge in [-0.15, -0.1) is 0 Å². The van der Waals surface area contributed by atoms with Crippen LogP contribution in [0.1, 0.15) is 17.3 Å². The number of hydrogen-bond acceptors (Lipinski definition) is 3. The lowest BCUT2D eigenvalue weighted by Crippen LogP contribution is -2.22. The van der Waals surface area contributed by atoms with Gasteiger partial charge in [-0.05, 0) is 37.3 Å². The predicted octanol–water partition coefficient (Wildman–Crippen LogP) is 2.90. The summed E-state index contributed by atoms with van der Waals surface area (Å²) in [7, 11) is 0. The molecule has 0 aliphatic carbocycles. The molecule has 2 aromatic carbocycles. The minimum Gasteiger partial charge on any atom is -0.397 e. The van der Waals surface area contributed by atoms with Crippen LogP contribution in [0.25, 0.3) is 0 Å². The molecule has 0 bridgehead atoms. The first-order valence-electron chi connectivity index (χ1n) is 6.31. The zero-order chi connectivity index (χ0) is 14.5. The van der Waals surface area contributed by atoms with Crippen molar-refractivity contribution in [2.24, 2.45) is 0 Å². The predicted molar refractivity (Wildman–Crippen MR) is 78.5 cm³/mol. The summed E-state index contributed by atoms with van der Waals surface area (Å²) in [6.07, 6.45) is 0. The van der Waals surface area contributed by atoms with E-state index in [0.29, 0.717) is 29.2 Å². The first-order valence-corrected chi connectivity index (χ1v) is 6.31. The smallest absolute Gasteiger partial charge is 0.251 e. The second kappa shape index (κ2) is 6.06. The molecule has 20 heavy (non-hydrogen) atoms. The number of para-hydroxylation sites is 1. The van der Waals surface area contributed by atoms with Gasteiger partial charge in [-0.3, -0.25) is 4.79 Å². The maximum Gasteiger partial charge on any atom is 0.251 e. The zero-order valence-corrected chi connectivity index (χ0v) is 11.1. The first-order chi connectivity index (χ1) is 9.61. The van der Waals surface area contributed by atoms with Gasteiger partial charge in [0.25, 0.3) is 5.91 Å². The molecular weight excluding hydrogens is 257 g/mol. The van der Waals surface area contributed by atoms with Crippen molar-refractivity contribution < 1.29 is 9.18 Å². The number of carbonyl (C=O) groups excluding carboxylic acids is 1. The molecule has 1 amide bonds. The van der Waals surface area contributed by atoms with Crippen LogP contribution in [0, 0.1) is 5.82 Å². The summed E-state index contributed by atoms with van der Waals surface area (Å²) in [4.78, 5) is 11.7. The van der Waals surface area contributed by atoms with Gasteiger partial charge in [-0.1, -0.05) is 12.1 Å². The number of halogens is 1. The molecule has 0 saturated heterocycles. The van der Waals surface area contributed by atoms with Gasteiger partial charge in [-0.25, -0.2) is 4.39 Å². The lowest BCUT2D eigenvalue weighted by atomic mass is 10.1. The fourth-order valence-corrected chi connectivity index (χ4v) is 1.79. The van der Waals surface area contributed by atoms with Crippen LogP contribution in [0.15, 0.2) is 42.5 Å². The maximum absolute atomic E-state index is 13.5. The summed E-state index contributed by atoms with van der Waals surface area (Å²) in [5.41, 5.74) is 7.65. The Hall–Kier alpha value is -2.56. The number of carbonyl (C=O) groups is 1. The molecule has 0 unspecified atom stereocenters. The first kappa shape index (κ1) is 13.9. The van der Waals surface area contributed by atoms with Gasteiger partial charge in [0.1, 0.15) is 5.82 Å². The Bertz CT molecular complexity index is 628. The fraction of sp³-hybridized carbons (Fsp3) is 0.133. The van der Waals surface area contributed by atoms with Crippen LogP contribution < -0.4 is 16.4 Å². The summed E-state index contributed by atoms with van der Waals surface area (Å²) in [5, 5.41) is 5.60. The number of anilines is 3. The second-order valence-corrected chi connectivity index (χ2v) is 4.27. The molecule has 2 rings (SSSR count). The van der Waals surface area contributed by atoms with Crippen LogP contribution in [-0.2, 0) is 0 Å². The lowest BCUT2D eigenvalue weighted by Gasteiger charge is -2.11. The molecule has 0 aromatic heterocycles. The van der Waals surface area contributed by atoms with E-state index in [1.54, 1.807) is 36.4 Å². The summed E-state index contributed by atoms with van der Waals surface area (Å²) in [5.74, 6) is -0.545. The lowest BCUT2D eigenvalue weighted by molar-refractivity contribution is 0.0956. The molecule has 4 N–H and O–H groups in total. The molecule has 0 fully saturated rings. The van der Waals surface area contributed by atoms with Crippen molar-refractivity contribution in [2.45, 2.75) is 6.92 Å². The molecule has 2 aromatic rings. The van der Waals surface area contributed by atoms with E-state index in [1.807, 2.05) is 6.92 Å². The quantitative estimate of drug-likeness (QED) is 0.750. The highest BCUT2D eigenvalue weighted by Gasteiger charge is 2.08. The van der Waals surface area contributed by atoms with Gasteiger partial charge in [0, 0.05) is 12.1 Å². The van der Waals surface area contributed by atoms with Gasteiger partial charge in [0.15, 0.2) is 0 Å². The molecule has 0 heterocycles. The van der Waals surface area contributed by atoms with E-state index in [0.717, 1.165) is 0 Å². The Morgan fingerprint density at radius 2 is 1.95 bits per heavy atom. The minimum atomic E-state index is -0.361. The van der Waals surface area contributed by atoms with Crippen molar-refractivity contribution in [1.29, 1.82) is 0 Å². The van der Waals surface area contributed by atoms with Crippen molar-refractivity contribution >= 4 is 23.0 Å². The monoisotopic (exact) mass is 273 g/mol. The van der Waals surface area contributed by atoms with E-state index in [2.05, 4.69) is 10.6 Å². The number of rotatable bonds is 4. The van der Waals surface area contributed by atoms with Gasteiger partial charge in [0.2, 0.25) is 0 Å². The SMILES string of the molecule is CCNC(=O)c1ccc(Nc2ccccc2F)c(N)c1. The van der Waals surface area contributed by atoms with E-state index < -0.39 is 0 Å². The van der Waals surface area contributed by atoms with E-state index in [9.17, 15) is 9.18 Å². The van der Waals surface area contributed by atoms with Crippen molar-refractivity contribution in [3.63, 3.8) is 0 Å². The Morgan fingerprint density at radius 3 is 2.60 bits per heavy atom. The molecule has 0 saturated carbocycles. The number of benzene rings is 2. The normalized spacial score (nSPS) is 10.1. The summed E-state index contributed by atoms with van der Waals surface area (Å²) in [6, 6.07) is 11.2. The molecule has 0 radical (unpaired) electrons. The Kier molecular flexibility index (Phi) is 4.20. The molecule has 0 atom stereocenters. The van der Waals surface area contributed by atoms with Crippen LogP contribution in [-0.4, -0.2) is 12.5 Å². The third-order valence-corrected chi connectivity index (χ3v) is 2.79. The van der Waals surface area contributed by atoms with Gasteiger partial charge >= 0.3 is 0 Å². The Morgan fingerprint density at radius 1 is 1.20 bits per heavy atom. The number of nitrogens with two attached hydrogens (primary N) is 1. The third-order valence-electron chi connectivity index (χ3n) is 2.79. The molecule has 4 nitrogen and oxygen atoms in total. The van der Waals surface area contributed by atoms with Crippen molar-refractivity contribution in [3.05, 3.63) is 53.8 Å². The number of nitrogens with one attached hydrogen (secondary N) is 2. The van der Waals surface area contributed by atoms with Gasteiger partial charge < -0.3 is 16.4 Å². The minimum absolute atomic E-state index is 0.184. The topological polar surface area (TPSA) is 67.2 Å². The van der Waals surface area contributed by atoms with E-state index in [4.69, 9.17) is 5.73 Å². The van der Waals surface area contributed by atoms with Crippen LogP contribution in [0.5, 0.6) is 0 Å². The Balaban J connectivity index is 2.22. The number of hydrogen-bond donors (Lipinski definition) is 3. The molecule has 104 valence electrons. The summed E-state index contributed by atoms with van der Waals surface area (Å²) >= 11 is 0. The molecule has 0 aliphatic heterocycles. The standard InChI is InChI=1S/C15H16FN3O/c1-2-18-15(20)10-7-8-14(12(17)9-10)19-13-6-4-3-5-11(13)16/h3-9,19H,2,17H2,1H3,(H,18,20). The van der Waals surface area contributed by atoms with E-state index in [1.165, 1.54) is 6.07 Å². The molecule has 0 aliphatic rings. The highest BCUT2D eigenvalue weighted by Crippen LogP contribution is 2.25. The van der Waals surface area contributed by atoms with Gasteiger partial charge in [0.05, 0.1) is 17.1 Å². The average Bonchev–Trinajstić information content (AvgIpc) is 2.43. The summed E-state index contributed by atoms with van der Waals surface area (Å²) in [6.45, 7) is 2.39. The molecule has 0 spiro atoms. The van der Waals surface area contributed by atoms with Crippen LogP contribution in [0.2, 0.25) is 0 Å². The van der Waals surface area contributed by atoms with E-state index >= 15 is 0 Å². The van der Waals surface area contributed by atoms with Crippen LogP contribution in [0.3, 0.4) is 0 Å². The average molecular weight is 273 g/mol. The Labute approximate surface area is 116 Å². The largest absolute Gasteiger partial charge is 0.397 e. The van der Waals surface area contributed by atoms with Crippen LogP contribution in [0.4, 0.5) is 21.5 Å². The third kappa shape index (κ3) is 3.06. The highest BCUT2D eigenvalue weighted by molar-refractivity contribution is 5.96.